The molecule has 0 bridgehead atoms. The molecule has 2 aromatic rings. The largest absolute Gasteiger partial charge is 0.497 e. The maximum atomic E-state index is 13.3. The number of rotatable bonds is 7. The van der Waals surface area contributed by atoms with Gasteiger partial charge in [0, 0.05) is 25.2 Å². The summed E-state index contributed by atoms with van der Waals surface area (Å²) in [5.74, 6) is 0.642. The molecule has 7 heteroatoms. The zero-order chi connectivity index (χ0) is 21.9. The zero-order valence-electron chi connectivity index (χ0n) is 18.1. The van der Waals surface area contributed by atoms with Gasteiger partial charge in [-0.1, -0.05) is 32.0 Å². The third-order valence-electron chi connectivity index (χ3n) is 5.77. The Kier molecular flexibility index (Phi) is 6.83. The number of carbonyl (C=O) groups excluding carboxylic acids is 1. The fraction of sp³-hybridized carbons (Fsp3) is 0.435. The lowest BCUT2D eigenvalue weighted by Gasteiger charge is -2.26. The number of hydrogen-bond acceptors (Lipinski definition) is 4. The summed E-state index contributed by atoms with van der Waals surface area (Å²) in [4.78, 5) is 15.4. The van der Waals surface area contributed by atoms with E-state index in [4.69, 9.17) is 4.74 Å². The van der Waals surface area contributed by atoms with E-state index in [1.807, 2.05) is 43.0 Å². The van der Waals surface area contributed by atoms with Crippen molar-refractivity contribution in [3.05, 3.63) is 59.2 Å². The van der Waals surface area contributed by atoms with E-state index in [2.05, 4.69) is 0 Å². The Bertz CT molecular complexity index is 998. The lowest BCUT2D eigenvalue weighted by atomic mass is 10.0. The van der Waals surface area contributed by atoms with Gasteiger partial charge in [-0.25, -0.2) is 8.42 Å². The van der Waals surface area contributed by atoms with Crippen molar-refractivity contribution in [2.75, 3.05) is 26.7 Å². The third kappa shape index (κ3) is 4.23. The summed E-state index contributed by atoms with van der Waals surface area (Å²) in [5.41, 5.74) is 2.11. The molecule has 0 aliphatic carbocycles. The van der Waals surface area contributed by atoms with Gasteiger partial charge in [-0.05, 0) is 55.2 Å². The molecule has 0 saturated carbocycles. The number of carbonyl (C=O) groups is 1. The highest BCUT2D eigenvalue weighted by Crippen LogP contribution is 2.34. The van der Waals surface area contributed by atoms with Crippen molar-refractivity contribution in [1.82, 2.24) is 9.21 Å². The normalized spacial score (nSPS) is 16.8. The van der Waals surface area contributed by atoms with Crippen LogP contribution in [0.5, 0.6) is 5.75 Å². The van der Waals surface area contributed by atoms with Crippen molar-refractivity contribution in [2.24, 2.45) is 0 Å². The Morgan fingerprint density at radius 3 is 2.40 bits per heavy atom. The maximum absolute atomic E-state index is 13.3. The number of ether oxygens (including phenoxy) is 1. The molecule has 0 spiro atoms. The van der Waals surface area contributed by atoms with Crippen LogP contribution in [-0.2, 0) is 10.0 Å². The van der Waals surface area contributed by atoms with E-state index in [1.165, 1.54) is 10.4 Å². The molecule has 0 N–H and O–H groups in total. The van der Waals surface area contributed by atoms with Crippen molar-refractivity contribution >= 4 is 15.9 Å². The van der Waals surface area contributed by atoms with Crippen LogP contribution in [0.4, 0.5) is 0 Å². The van der Waals surface area contributed by atoms with Gasteiger partial charge in [0.15, 0.2) is 0 Å². The number of nitrogens with zero attached hydrogens (tertiary/aromatic N) is 2. The number of methoxy groups -OCH3 is 1. The van der Waals surface area contributed by atoms with Crippen LogP contribution in [0.15, 0.2) is 47.4 Å². The highest BCUT2D eigenvalue weighted by atomic mass is 32.2. The van der Waals surface area contributed by atoms with Gasteiger partial charge >= 0.3 is 0 Å². The molecule has 2 aromatic carbocycles. The van der Waals surface area contributed by atoms with E-state index in [-0.39, 0.29) is 16.8 Å². The van der Waals surface area contributed by atoms with Crippen molar-refractivity contribution in [2.45, 2.75) is 44.6 Å². The quantitative estimate of drug-likeness (QED) is 0.666. The van der Waals surface area contributed by atoms with Gasteiger partial charge in [0.2, 0.25) is 10.0 Å². The highest BCUT2D eigenvalue weighted by molar-refractivity contribution is 7.89. The molecule has 162 valence electrons. The second kappa shape index (κ2) is 9.18. The first-order valence-electron chi connectivity index (χ1n) is 10.4. The molecule has 1 amide bonds. The molecule has 1 unspecified atom stereocenters. The fourth-order valence-electron chi connectivity index (χ4n) is 4.06. The molecule has 1 fully saturated rings. The van der Waals surface area contributed by atoms with Crippen LogP contribution in [-0.4, -0.2) is 50.3 Å². The standard InChI is InChI=1S/C23H30N2O4S/c1-5-24(6-2)30(27,28)22-16-19(10-9-17(22)3)23(26)25-15-7-8-21(25)18-11-13-20(29-4)14-12-18/h9-14,16,21H,5-8,15H2,1-4H3. The number of sulfonamides is 1. The number of likely N-dealkylation sites (tertiary alicyclic amines) is 1. The van der Waals surface area contributed by atoms with E-state index in [1.54, 1.807) is 26.2 Å². The smallest absolute Gasteiger partial charge is 0.254 e. The van der Waals surface area contributed by atoms with Gasteiger partial charge in [-0.3, -0.25) is 4.79 Å². The van der Waals surface area contributed by atoms with Crippen molar-refractivity contribution in [1.29, 1.82) is 0 Å². The molecule has 1 aliphatic heterocycles. The summed E-state index contributed by atoms with van der Waals surface area (Å²) < 4.78 is 32.7. The highest BCUT2D eigenvalue weighted by Gasteiger charge is 2.32. The van der Waals surface area contributed by atoms with Gasteiger partial charge in [0.25, 0.3) is 5.91 Å². The summed E-state index contributed by atoms with van der Waals surface area (Å²) >= 11 is 0. The van der Waals surface area contributed by atoms with Crippen LogP contribution in [0.1, 0.15) is 54.2 Å². The predicted molar refractivity (Wildman–Crippen MR) is 117 cm³/mol. The predicted octanol–water partition coefficient (Wildman–Crippen LogP) is 4.01. The van der Waals surface area contributed by atoms with Gasteiger partial charge in [0.1, 0.15) is 5.75 Å². The monoisotopic (exact) mass is 430 g/mol. The van der Waals surface area contributed by atoms with Crippen LogP contribution in [0.2, 0.25) is 0 Å². The van der Waals surface area contributed by atoms with Crippen LogP contribution >= 0.6 is 0 Å². The van der Waals surface area contributed by atoms with Gasteiger partial charge in [-0.15, -0.1) is 0 Å². The Morgan fingerprint density at radius 1 is 1.13 bits per heavy atom. The van der Waals surface area contributed by atoms with Crippen molar-refractivity contribution < 1.29 is 17.9 Å². The Morgan fingerprint density at radius 2 is 1.80 bits per heavy atom. The second-order valence-corrected chi connectivity index (χ2v) is 9.41. The van der Waals surface area contributed by atoms with E-state index >= 15 is 0 Å². The molecule has 1 heterocycles. The first kappa shape index (κ1) is 22.3. The Labute approximate surface area is 179 Å². The topological polar surface area (TPSA) is 66.9 Å². The lowest BCUT2D eigenvalue weighted by molar-refractivity contribution is 0.0735. The minimum Gasteiger partial charge on any atom is -0.497 e. The maximum Gasteiger partial charge on any atom is 0.254 e. The summed E-state index contributed by atoms with van der Waals surface area (Å²) in [6.45, 7) is 6.83. The van der Waals surface area contributed by atoms with E-state index in [0.29, 0.717) is 30.8 Å². The second-order valence-electron chi connectivity index (χ2n) is 7.50. The van der Waals surface area contributed by atoms with E-state index < -0.39 is 10.0 Å². The van der Waals surface area contributed by atoms with Crippen LogP contribution in [0.25, 0.3) is 0 Å². The molecule has 3 rings (SSSR count). The van der Waals surface area contributed by atoms with Crippen LogP contribution < -0.4 is 4.74 Å². The SMILES string of the molecule is CCN(CC)S(=O)(=O)c1cc(C(=O)N2CCCC2c2ccc(OC)cc2)ccc1C. The van der Waals surface area contributed by atoms with E-state index in [0.717, 1.165) is 24.2 Å². The minimum atomic E-state index is -3.64. The lowest BCUT2D eigenvalue weighted by Crippen LogP contribution is -2.32. The van der Waals surface area contributed by atoms with Crippen molar-refractivity contribution in [3.8, 4) is 5.75 Å². The van der Waals surface area contributed by atoms with Gasteiger partial charge < -0.3 is 9.64 Å². The first-order chi connectivity index (χ1) is 14.3. The zero-order valence-corrected chi connectivity index (χ0v) is 18.9. The summed E-state index contributed by atoms with van der Waals surface area (Å²) in [5, 5.41) is 0. The van der Waals surface area contributed by atoms with Crippen molar-refractivity contribution in [3.63, 3.8) is 0 Å². The molecule has 0 aromatic heterocycles. The summed E-state index contributed by atoms with van der Waals surface area (Å²) in [6, 6.07) is 12.7. The average Bonchev–Trinajstić information content (AvgIpc) is 3.24. The van der Waals surface area contributed by atoms with E-state index in [9.17, 15) is 13.2 Å². The molecule has 1 saturated heterocycles. The average molecular weight is 431 g/mol. The summed E-state index contributed by atoms with van der Waals surface area (Å²) in [7, 11) is -2.01. The minimum absolute atomic E-state index is 0.0208. The first-order valence-corrected chi connectivity index (χ1v) is 11.8. The Hall–Kier alpha value is -2.38. The molecular formula is C23H30N2O4S. The third-order valence-corrected chi connectivity index (χ3v) is 7.96. The molecular weight excluding hydrogens is 400 g/mol. The molecule has 0 radical (unpaired) electrons. The summed E-state index contributed by atoms with van der Waals surface area (Å²) in [6.07, 6.45) is 1.80. The number of aryl methyl sites for hydroxylation is 1. The number of benzene rings is 2. The van der Waals surface area contributed by atoms with Crippen LogP contribution in [0.3, 0.4) is 0 Å². The Balaban J connectivity index is 1.92. The van der Waals surface area contributed by atoms with Crippen LogP contribution in [0, 0.1) is 6.92 Å². The molecule has 6 nitrogen and oxygen atoms in total. The molecule has 1 aliphatic rings. The molecule has 30 heavy (non-hydrogen) atoms. The number of amides is 1. The number of hydrogen-bond donors (Lipinski definition) is 0. The van der Waals surface area contributed by atoms with Gasteiger partial charge in [-0.2, -0.15) is 4.31 Å². The van der Waals surface area contributed by atoms with Gasteiger partial charge in [0.05, 0.1) is 18.0 Å². The molecule has 1 atom stereocenters. The fourth-order valence-corrected chi connectivity index (χ4v) is 5.77.